The minimum atomic E-state index is -1.20. The molecular formula is C25H24F2O3. The van der Waals surface area contributed by atoms with Crippen molar-refractivity contribution in [3.8, 4) is 16.9 Å². The minimum Gasteiger partial charge on any atom is -0.420 e. The molecule has 0 aromatic heterocycles. The number of halogens is 2. The van der Waals surface area contributed by atoms with E-state index in [9.17, 15) is 13.6 Å². The van der Waals surface area contributed by atoms with Gasteiger partial charge in [-0.2, -0.15) is 4.39 Å². The van der Waals surface area contributed by atoms with E-state index >= 15 is 0 Å². The van der Waals surface area contributed by atoms with Crippen molar-refractivity contribution in [2.75, 3.05) is 6.61 Å². The fourth-order valence-electron chi connectivity index (χ4n) is 3.08. The van der Waals surface area contributed by atoms with Gasteiger partial charge in [0.05, 0.1) is 12.2 Å². The van der Waals surface area contributed by atoms with Crippen molar-refractivity contribution in [3.05, 3.63) is 89.0 Å². The topological polar surface area (TPSA) is 35.5 Å². The number of benzene rings is 3. The summed E-state index contributed by atoms with van der Waals surface area (Å²) in [5.74, 6) is -3.48. The monoisotopic (exact) mass is 410 g/mol. The maximum absolute atomic E-state index is 14.2. The van der Waals surface area contributed by atoms with Gasteiger partial charge in [0.2, 0.25) is 5.82 Å². The summed E-state index contributed by atoms with van der Waals surface area (Å²) in [5.41, 5.74) is 3.59. The van der Waals surface area contributed by atoms with Gasteiger partial charge in [-0.15, -0.1) is 0 Å². The van der Waals surface area contributed by atoms with Gasteiger partial charge in [0.1, 0.15) is 0 Å². The summed E-state index contributed by atoms with van der Waals surface area (Å²) < 4.78 is 38.5. The fourth-order valence-corrected chi connectivity index (χ4v) is 3.08. The van der Waals surface area contributed by atoms with Crippen LogP contribution in [-0.2, 0) is 17.8 Å². The number of carbonyl (C=O) groups excluding carboxylic acids is 1. The maximum Gasteiger partial charge on any atom is 0.343 e. The van der Waals surface area contributed by atoms with E-state index in [4.69, 9.17) is 9.47 Å². The van der Waals surface area contributed by atoms with Gasteiger partial charge in [0.15, 0.2) is 11.6 Å². The van der Waals surface area contributed by atoms with Crippen molar-refractivity contribution < 1.29 is 23.0 Å². The molecule has 0 aliphatic rings. The normalized spacial score (nSPS) is 10.8. The van der Waals surface area contributed by atoms with Gasteiger partial charge < -0.3 is 9.47 Å². The third-order valence-electron chi connectivity index (χ3n) is 4.74. The van der Waals surface area contributed by atoms with Crippen LogP contribution in [0.4, 0.5) is 8.78 Å². The average molecular weight is 410 g/mol. The first kappa shape index (κ1) is 21.7. The molecule has 5 heteroatoms. The number of ether oxygens (including phenoxy) is 2. The van der Waals surface area contributed by atoms with Crippen LogP contribution in [0.5, 0.6) is 5.75 Å². The van der Waals surface area contributed by atoms with Crippen LogP contribution in [0.1, 0.15) is 41.8 Å². The standard InChI is InChI=1S/C25H24F2O3/c1-3-5-17-6-8-18(9-7-17)19-10-12-20(13-11-19)25(28)30-22-15-14-21(16-29-4-2)23(26)24(22)27/h6-15H,3-5,16H2,1-2H3. The second-order valence-corrected chi connectivity index (χ2v) is 6.90. The van der Waals surface area contributed by atoms with Crippen LogP contribution in [0.2, 0.25) is 0 Å². The lowest BCUT2D eigenvalue weighted by Gasteiger charge is -2.10. The predicted octanol–water partition coefficient (Wildman–Crippen LogP) is 6.34. The van der Waals surface area contributed by atoms with E-state index in [1.165, 1.54) is 17.7 Å². The van der Waals surface area contributed by atoms with E-state index in [1.807, 2.05) is 12.1 Å². The van der Waals surface area contributed by atoms with Crippen molar-refractivity contribution in [3.63, 3.8) is 0 Å². The van der Waals surface area contributed by atoms with Crippen LogP contribution in [-0.4, -0.2) is 12.6 Å². The van der Waals surface area contributed by atoms with Gasteiger partial charge in [-0.1, -0.05) is 49.7 Å². The predicted molar refractivity (Wildman–Crippen MR) is 113 cm³/mol. The van der Waals surface area contributed by atoms with Gasteiger partial charge in [-0.3, -0.25) is 0 Å². The van der Waals surface area contributed by atoms with Crippen molar-refractivity contribution >= 4 is 5.97 Å². The Hall–Kier alpha value is -3.05. The third-order valence-corrected chi connectivity index (χ3v) is 4.74. The largest absolute Gasteiger partial charge is 0.420 e. The molecule has 0 radical (unpaired) electrons. The Bertz CT molecular complexity index is 996. The van der Waals surface area contributed by atoms with Gasteiger partial charge in [0, 0.05) is 12.2 Å². The third kappa shape index (κ3) is 5.10. The van der Waals surface area contributed by atoms with Crippen LogP contribution < -0.4 is 4.74 Å². The Morgan fingerprint density at radius 1 is 0.833 bits per heavy atom. The van der Waals surface area contributed by atoms with Crippen molar-refractivity contribution in [2.45, 2.75) is 33.3 Å². The maximum atomic E-state index is 14.2. The highest BCUT2D eigenvalue weighted by atomic mass is 19.2. The van der Waals surface area contributed by atoms with Crippen LogP contribution in [0.3, 0.4) is 0 Å². The summed E-state index contributed by atoms with van der Waals surface area (Å²) in [6.07, 6.45) is 2.13. The van der Waals surface area contributed by atoms with Gasteiger partial charge >= 0.3 is 5.97 Å². The number of aryl methyl sites for hydroxylation is 1. The molecule has 0 spiro atoms. The summed E-state index contributed by atoms with van der Waals surface area (Å²) in [6.45, 7) is 4.24. The molecule has 0 unspecified atom stereocenters. The molecule has 3 nitrogen and oxygen atoms in total. The fraction of sp³-hybridized carbons (Fsp3) is 0.240. The Kier molecular flexibility index (Phi) is 7.31. The molecular weight excluding hydrogens is 386 g/mol. The molecule has 0 aliphatic heterocycles. The van der Waals surface area contributed by atoms with Crippen LogP contribution in [0.25, 0.3) is 11.1 Å². The second-order valence-electron chi connectivity index (χ2n) is 6.90. The first-order valence-corrected chi connectivity index (χ1v) is 9.99. The van der Waals surface area contributed by atoms with Crippen LogP contribution in [0, 0.1) is 11.6 Å². The number of hydrogen-bond donors (Lipinski definition) is 0. The number of esters is 1. The molecule has 156 valence electrons. The van der Waals surface area contributed by atoms with Crippen LogP contribution >= 0.6 is 0 Å². The van der Waals surface area contributed by atoms with E-state index in [-0.39, 0.29) is 17.7 Å². The zero-order chi connectivity index (χ0) is 21.5. The molecule has 0 aliphatic carbocycles. The number of hydrogen-bond acceptors (Lipinski definition) is 3. The first-order valence-electron chi connectivity index (χ1n) is 9.99. The summed E-state index contributed by atoms with van der Waals surface area (Å²) >= 11 is 0. The van der Waals surface area contributed by atoms with Crippen LogP contribution in [0.15, 0.2) is 60.7 Å². The summed E-state index contributed by atoms with van der Waals surface area (Å²) in [6, 6.07) is 17.7. The Morgan fingerprint density at radius 3 is 2.07 bits per heavy atom. The average Bonchev–Trinajstić information content (AvgIpc) is 2.77. The molecule has 0 fully saturated rings. The molecule has 0 bridgehead atoms. The molecule has 0 heterocycles. The van der Waals surface area contributed by atoms with E-state index in [0.717, 1.165) is 24.0 Å². The number of carbonyl (C=O) groups is 1. The number of rotatable bonds is 8. The highest BCUT2D eigenvalue weighted by Gasteiger charge is 2.18. The SMILES string of the molecule is CCCc1ccc(-c2ccc(C(=O)Oc3ccc(COCC)c(F)c3F)cc2)cc1. The summed E-state index contributed by atoms with van der Waals surface area (Å²) in [4.78, 5) is 12.4. The molecule has 0 saturated heterocycles. The minimum absolute atomic E-state index is 0.0473. The summed E-state index contributed by atoms with van der Waals surface area (Å²) in [7, 11) is 0. The molecule has 0 saturated carbocycles. The van der Waals surface area contributed by atoms with E-state index in [0.29, 0.717) is 6.61 Å². The zero-order valence-corrected chi connectivity index (χ0v) is 17.1. The van der Waals surface area contributed by atoms with Crippen molar-refractivity contribution in [1.29, 1.82) is 0 Å². The molecule has 0 N–H and O–H groups in total. The van der Waals surface area contributed by atoms with E-state index < -0.39 is 23.4 Å². The molecule has 0 atom stereocenters. The first-order chi connectivity index (χ1) is 14.5. The van der Waals surface area contributed by atoms with Gasteiger partial charge in [-0.05, 0) is 54.3 Å². The Labute approximate surface area is 175 Å². The molecule has 3 rings (SSSR count). The highest BCUT2D eigenvalue weighted by molar-refractivity contribution is 5.91. The molecule has 3 aromatic rings. The Morgan fingerprint density at radius 2 is 1.47 bits per heavy atom. The second kappa shape index (κ2) is 10.1. The highest BCUT2D eigenvalue weighted by Crippen LogP contribution is 2.25. The lowest BCUT2D eigenvalue weighted by atomic mass is 10.0. The van der Waals surface area contributed by atoms with E-state index in [1.54, 1.807) is 31.2 Å². The molecule has 30 heavy (non-hydrogen) atoms. The van der Waals surface area contributed by atoms with Gasteiger partial charge in [0.25, 0.3) is 0 Å². The smallest absolute Gasteiger partial charge is 0.343 e. The quantitative estimate of drug-likeness (QED) is 0.321. The lowest BCUT2D eigenvalue weighted by Crippen LogP contribution is -2.11. The lowest BCUT2D eigenvalue weighted by molar-refractivity contribution is 0.0726. The van der Waals surface area contributed by atoms with Crippen molar-refractivity contribution in [1.82, 2.24) is 0 Å². The van der Waals surface area contributed by atoms with E-state index in [2.05, 4.69) is 19.1 Å². The van der Waals surface area contributed by atoms with Gasteiger partial charge in [-0.25, -0.2) is 9.18 Å². The van der Waals surface area contributed by atoms with Crippen molar-refractivity contribution in [2.24, 2.45) is 0 Å². The zero-order valence-electron chi connectivity index (χ0n) is 17.1. The molecule has 0 amide bonds. The molecule has 3 aromatic carbocycles. The summed E-state index contributed by atoms with van der Waals surface area (Å²) in [5, 5.41) is 0. The Balaban J connectivity index is 1.71.